The third-order valence-electron chi connectivity index (χ3n) is 2.33. The molecule has 20 heavy (non-hydrogen) atoms. The summed E-state index contributed by atoms with van der Waals surface area (Å²) in [5, 5.41) is 0.336. The molecule has 106 valence electrons. The average molecular weight is 367 g/mol. The molecule has 0 spiro atoms. The van der Waals surface area contributed by atoms with Crippen molar-refractivity contribution in [2.45, 2.75) is 16.1 Å². The van der Waals surface area contributed by atoms with Gasteiger partial charge in [-0.05, 0) is 40.2 Å². The molecule has 0 bridgehead atoms. The smallest absolute Gasteiger partial charge is 0.398 e. The van der Waals surface area contributed by atoms with Crippen LogP contribution in [0.4, 0.5) is 23.2 Å². The highest BCUT2D eigenvalue weighted by atomic mass is 79.9. The quantitative estimate of drug-likeness (QED) is 0.616. The molecule has 0 fully saturated rings. The minimum absolute atomic E-state index is 0.192. The maximum atomic E-state index is 13.2. The summed E-state index contributed by atoms with van der Waals surface area (Å²) in [6.07, 6.45) is -3.68. The summed E-state index contributed by atoms with van der Waals surface area (Å²) in [7, 11) is 0. The molecule has 0 radical (unpaired) electrons. The van der Waals surface area contributed by atoms with E-state index in [0.29, 0.717) is 9.92 Å². The van der Waals surface area contributed by atoms with Crippen LogP contribution in [-0.4, -0.2) is 4.98 Å². The Morgan fingerprint density at radius 1 is 1.20 bits per heavy atom. The van der Waals surface area contributed by atoms with Gasteiger partial charge >= 0.3 is 6.18 Å². The molecule has 0 atom stereocenters. The number of alkyl halides is 3. The van der Waals surface area contributed by atoms with Crippen LogP contribution in [0.15, 0.2) is 44.9 Å². The van der Waals surface area contributed by atoms with Gasteiger partial charge in [0.05, 0.1) is 10.0 Å². The monoisotopic (exact) mass is 366 g/mol. The Balaban J connectivity index is 2.25. The molecule has 2 rings (SSSR count). The topological polar surface area (TPSA) is 38.9 Å². The predicted molar refractivity (Wildman–Crippen MR) is 71.9 cm³/mol. The van der Waals surface area contributed by atoms with Gasteiger partial charge in [0.1, 0.15) is 10.8 Å². The Labute approximate surface area is 124 Å². The molecule has 1 aromatic carbocycles. The first-order valence-electron chi connectivity index (χ1n) is 5.23. The minimum Gasteiger partial charge on any atom is -0.398 e. The number of rotatable bonds is 2. The van der Waals surface area contributed by atoms with Crippen molar-refractivity contribution in [3.05, 3.63) is 46.3 Å². The van der Waals surface area contributed by atoms with Crippen molar-refractivity contribution in [1.29, 1.82) is 0 Å². The van der Waals surface area contributed by atoms with E-state index in [0.717, 1.165) is 30.1 Å². The summed E-state index contributed by atoms with van der Waals surface area (Å²) in [5.74, 6) is -0.507. The first kappa shape index (κ1) is 15.1. The normalized spacial score (nSPS) is 11.7. The highest BCUT2D eigenvalue weighted by Gasteiger charge is 2.30. The second-order valence-corrected chi connectivity index (χ2v) is 5.71. The Kier molecular flexibility index (Phi) is 4.24. The van der Waals surface area contributed by atoms with Crippen molar-refractivity contribution < 1.29 is 17.6 Å². The fraction of sp³-hybridized carbons (Fsp3) is 0.0833. The number of pyridine rings is 1. The van der Waals surface area contributed by atoms with Gasteiger partial charge in [-0.2, -0.15) is 13.2 Å². The zero-order valence-electron chi connectivity index (χ0n) is 9.71. The summed E-state index contributed by atoms with van der Waals surface area (Å²) in [6.45, 7) is 0. The fourth-order valence-electron chi connectivity index (χ4n) is 1.35. The van der Waals surface area contributed by atoms with E-state index in [9.17, 15) is 17.6 Å². The van der Waals surface area contributed by atoms with Gasteiger partial charge < -0.3 is 5.73 Å². The Morgan fingerprint density at radius 2 is 1.90 bits per heavy atom. The standard InChI is InChI=1S/C12H7BrF4N2S/c13-7-3-10(9(18)4-8(7)14)20-11-2-1-6(5-19-11)12(15,16)17/h1-5H,18H2. The third kappa shape index (κ3) is 3.43. The lowest BCUT2D eigenvalue weighted by Crippen LogP contribution is -2.05. The molecular weight excluding hydrogens is 360 g/mol. The Hall–Kier alpha value is -1.28. The SMILES string of the molecule is Nc1cc(F)c(Br)cc1Sc1ccc(C(F)(F)F)cn1. The van der Waals surface area contributed by atoms with Crippen LogP contribution in [0.3, 0.4) is 0 Å². The maximum absolute atomic E-state index is 13.2. The molecule has 0 aliphatic carbocycles. The van der Waals surface area contributed by atoms with Gasteiger partial charge in [-0.3, -0.25) is 0 Å². The van der Waals surface area contributed by atoms with E-state index in [1.807, 2.05) is 0 Å². The van der Waals surface area contributed by atoms with Gasteiger partial charge in [0.15, 0.2) is 0 Å². The van der Waals surface area contributed by atoms with Crippen molar-refractivity contribution in [1.82, 2.24) is 4.98 Å². The molecule has 0 saturated heterocycles. The van der Waals surface area contributed by atoms with Gasteiger partial charge in [0, 0.05) is 16.8 Å². The van der Waals surface area contributed by atoms with Crippen LogP contribution in [0.25, 0.3) is 0 Å². The summed E-state index contributed by atoms with van der Waals surface area (Å²) in [6, 6.07) is 4.76. The van der Waals surface area contributed by atoms with Crippen molar-refractivity contribution in [3.8, 4) is 0 Å². The summed E-state index contributed by atoms with van der Waals surface area (Å²) in [4.78, 5) is 4.22. The van der Waals surface area contributed by atoms with Crippen LogP contribution in [0.2, 0.25) is 0 Å². The molecule has 1 heterocycles. The zero-order valence-corrected chi connectivity index (χ0v) is 12.1. The number of hydrogen-bond acceptors (Lipinski definition) is 3. The number of benzene rings is 1. The highest BCUT2D eigenvalue weighted by molar-refractivity contribution is 9.10. The van der Waals surface area contributed by atoms with Gasteiger partial charge in [-0.1, -0.05) is 11.8 Å². The predicted octanol–water partition coefficient (Wildman–Crippen LogP) is 4.74. The van der Waals surface area contributed by atoms with Crippen molar-refractivity contribution in [3.63, 3.8) is 0 Å². The zero-order chi connectivity index (χ0) is 14.9. The second kappa shape index (κ2) is 5.61. The van der Waals surface area contributed by atoms with E-state index < -0.39 is 17.6 Å². The van der Waals surface area contributed by atoms with Crippen LogP contribution >= 0.6 is 27.7 Å². The Bertz CT molecular complexity index is 629. The lowest BCUT2D eigenvalue weighted by Gasteiger charge is -2.08. The molecule has 8 heteroatoms. The number of anilines is 1. The molecule has 0 aliphatic heterocycles. The Morgan fingerprint density at radius 3 is 2.45 bits per heavy atom. The van der Waals surface area contributed by atoms with Crippen molar-refractivity contribution in [2.24, 2.45) is 0 Å². The first-order valence-corrected chi connectivity index (χ1v) is 6.84. The largest absolute Gasteiger partial charge is 0.417 e. The number of nitrogens with zero attached hydrogens (tertiary/aromatic N) is 1. The van der Waals surface area contributed by atoms with E-state index in [4.69, 9.17) is 5.73 Å². The third-order valence-corrected chi connectivity index (χ3v) is 3.96. The number of halogens is 5. The molecule has 2 nitrogen and oxygen atoms in total. The summed E-state index contributed by atoms with van der Waals surface area (Å²) < 4.78 is 50.6. The molecule has 1 aromatic heterocycles. The molecule has 2 N–H and O–H groups in total. The number of aromatic nitrogens is 1. The first-order chi connectivity index (χ1) is 9.27. The highest BCUT2D eigenvalue weighted by Crippen LogP contribution is 2.35. The molecule has 0 amide bonds. The van der Waals surface area contributed by atoms with Gasteiger partial charge in [0.2, 0.25) is 0 Å². The lowest BCUT2D eigenvalue weighted by molar-refractivity contribution is -0.137. The lowest BCUT2D eigenvalue weighted by atomic mass is 10.3. The minimum atomic E-state index is -4.42. The van der Waals surface area contributed by atoms with Crippen LogP contribution in [0.5, 0.6) is 0 Å². The van der Waals surface area contributed by atoms with Crippen LogP contribution in [0, 0.1) is 5.82 Å². The molecule has 0 saturated carbocycles. The van der Waals surface area contributed by atoms with E-state index in [1.165, 1.54) is 12.1 Å². The van der Waals surface area contributed by atoms with E-state index in [2.05, 4.69) is 20.9 Å². The van der Waals surface area contributed by atoms with Crippen LogP contribution in [0.1, 0.15) is 5.56 Å². The maximum Gasteiger partial charge on any atom is 0.417 e. The van der Waals surface area contributed by atoms with E-state index in [1.54, 1.807) is 0 Å². The summed E-state index contributed by atoms with van der Waals surface area (Å²) in [5.41, 5.74) is 5.02. The van der Waals surface area contributed by atoms with Crippen molar-refractivity contribution >= 4 is 33.4 Å². The molecule has 2 aromatic rings. The fourth-order valence-corrected chi connectivity index (χ4v) is 2.67. The van der Waals surface area contributed by atoms with Crippen LogP contribution in [-0.2, 0) is 6.18 Å². The van der Waals surface area contributed by atoms with Crippen molar-refractivity contribution in [2.75, 3.05) is 5.73 Å². The molecule has 0 unspecified atom stereocenters. The van der Waals surface area contributed by atoms with Gasteiger partial charge in [-0.15, -0.1) is 0 Å². The molecular formula is C12H7BrF4N2S. The van der Waals surface area contributed by atoms with Gasteiger partial charge in [0.25, 0.3) is 0 Å². The van der Waals surface area contributed by atoms with Gasteiger partial charge in [-0.25, -0.2) is 9.37 Å². The second-order valence-electron chi connectivity index (χ2n) is 3.79. The number of hydrogen-bond donors (Lipinski definition) is 1. The molecule has 0 aliphatic rings. The number of nitrogen functional groups attached to an aromatic ring is 1. The average Bonchev–Trinajstić information content (AvgIpc) is 2.35. The summed E-state index contributed by atoms with van der Waals surface area (Å²) >= 11 is 4.07. The van der Waals surface area contributed by atoms with E-state index >= 15 is 0 Å². The number of nitrogens with two attached hydrogens (primary N) is 1. The van der Waals surface area contributed by atoms with Crippen LogP contribution < -0.4 is 5.73 Å². The van der Waals surface area contributed by atoms with E-state index in [-0.39, 0.29) is 10.2 Å².